The Kier molecular flexibility index (Phi) is 8.27. The third-order valence-corrected chi connectivity index (χ3v) is 3.81. The van der Waals surface area contributed by atoms with Crippen molar-refractivity contribution in [2.45, 2.75) is 6.18 Å². The van der Waals surface area contributed by atoms with Crippen molar-refractivity contribution in [2.24, 2.45) is 0 Å². The van der Waals surface area contributed by atoms with Gasteiger partial charge in [0.25, 0.3) is 11.9 Å². The Morgan fingerprint density at radius 3 is 1.03 bits per heavy atom. The molecule has 0 saturated heterocycles. The number of allylic oxidation sites excluding steroid dienone is 1. The van der Waals surface area contributed by atoms with Crippen LogP contribution in [0.25, 0.3) is 32.3 Å². The Labute approximate surface area is 164 Å². The summed E-state index contributed by atoms with van der Waals surface area (Å²) in [5.74, 6) is -3.33. The first-order chi connectivity index (χ1) is 13.5. The van der Waals surface area contributed by atoms with Crippen molar-refractivity contribution < 1.29 is 39.8 Å². The summed E-state index contributed by atoms with van der Waals surface area (Å²) >= 11 is 0. The fourth-order valence-electron chi connectivity index (χ4n) is 2.78. The minimum absolute atomic E-state index is 0. The highest BCUT2D eigenvalue weighted by Crippen LogP contribution is 2.34. The van der Waals surface area contributed by atoms with Crippen LogP contribution in [-0.2, 0) is 0 Å². The minimum Gasteiger partial charge on any atom is -0.269 e. The van der Waals surface area contributed by atoms with Gasteiger partial charge in [0, 0.05) is 0 Å². The molecule has 0 radical (unpaired) electrons. The summed E-state index contributed by atoms with van der Waals surface area (Å²) in [6.45, 7) is 2.22. The van der Waals surface area contributed by atoms with Crippen LogP contribution in [0.4, 0.5) is 39.8 Å². The lowest BCUT2D eigenvalue weighted by Gasteiger charge is -2.09. The lowest BCUT2D eigenvalue weighted by molar-refractivity contribution is -0.113. The third-order valence-electron chi connectivity index (χ3n) is 3.81. The Bertz CT molecular complexity index is 1020. The standard InChI is InChI=1S/C16H10.C3F6.C2H2F2.FH/c1-3-11-7-9-13-5-2-6-14-10-8-12(4-1)15(11)16(13)14;4-1(2(5)6)3(7,8)9;1-2(3)4;/h1-10H;;1H2;1H. The Morgan fingerprint density at radius 2 is 0.867 bits per heavy atom. The number of hydrogen-bond donors (Lipinski definition) is 0. The van der Waals surface area contributed by atoms with Crippen molar-refractivity contribution in [1.29, 1.82) is 0 Å². The molecule has 0 amide bonds. The first kappa shape index (κ1) is 24.8. The van der Waals surface area contributed by atoms with Crippen LogP contribution in [0.5, 0.6) is 0 Å². The van der Waals surface area contributed by atoms with Gasteiger partial charge in [-0.15, -0.1) is 0 Å². The topological polar surface area (TPSA) is 0 Å². The van der Waals surface area contributed by atoms with Gasteiger partial charge in [-0.3, -0.25) is 4.70 Å². The van der Waals surface area contributed by atoms with Gasteiger partial charge in [0.2, 0.25) is 0 Å². The number of halogens is 9. The molecule has 0 N–H and O–H groups in total. The second kappa shape index (κ2) is 10.00. The van der Waals surface area contributed by atoms with E-state index >= 15 is 0 Å². The van der Waals surface area contributed by atoms with E-state index in [-0.39, 0.29) is 4.70 Å². The number of alkyl halides is 3. The molecule has 0 aliphatic heterocycles. The summed E-state index contributed by atoms with van der Waals surface area (Å²) < 4.78 is 85.1. The first-order valence-corrected chi connectivity index (χ1v) is 7.92. The average Bonchev–Trinajstić information content (AvgIpc) is 2.65. The maximum atomic E-state index is 11.0. The van der Waals surface area contributed by atoms with Gasteiger partial charge in [-0.25, -0.2) is 0 Å². The monoisotopic (exact) mass is 436 g/mol. The van der Waals surface area contributed by atoms with E-state index in [9.17, 15) is 35.1 Å². The fraction of sp³-hybridized carbons (Fsp3) is 0.0476. The zero-order valence-corrected chi connectivity index (χ0v) is 14.9. The van der Waals surface area contributed by atoms with Gasteiger partial charge in [0.15, 0.2) is 0 Å². The summed E-state index contributed by atoms with van der Waals surface area (Å²) in [7, 11) is 0. The van der Waals surface area contributed by atoms with Crippen LogP contribution in [0, 0.1) is 0 Å². The molecule has 0 nitrogen and oxygen atoms in total. The quantitative estimate of drug-likeness (QED) is 0.191. The number of rotatable bonds is 0. The Morgan fingerprint density at radius 1 is 0.600 bits per heavy atom. The molecule has 0 saturated carbocycles. The average molecular weight is 436 g/mol. The van der Waals surface area contributed by atoms with Crippen molar-refractivity contribution in [3.8, 4) is 0 Å². The summed E-state index contributed by atoms with van der Waals surface area (Å²) in [5.41, 5.74) is 0. The molecule has 160 valence electrons. The van der Waals surface area contributed by atoms with Crippen LogP contribution in [-0.4, -0.2) is 6.18 Å². The minimum atomic E-state index is -5.56. The van der Waals surface area contributed by atoms with Crippen molar-refractivity contribution in [1.82, 2.24) is 0 Å². The summed E-state index contributed by atoms with van der Waals surface area (Å²) in [5, 5.41) is 8.14. The summed E-state index contributed by atoms with van der Waals surface area (Å²) in [6.07, 6.45) is -10.7. The highest BCUT2D eigenvalue weighted by atomic mass is 19.4. The first-order valence-electron chi connectivity index (χ1n) is 7.92. The smallest absolute Gasteiger partial charge is 0.269 e. The predicted molar refractivity (Wildman–Crippen MR) is 100 cm³/mol. The second-order valence-corrected chi connectivity index (χ2v) is 5.70. The van der Waals surface area contributed by atoms with Gasteiger partial charge in [-0.2, -0.15) is 35.1 Å². The second-order valence-electron chi connectivity index (χ2n) is 5.70. The van der Waals surface area contributed by atoms with E-state index in [2.05, 4.69) is 67.2 Å². The van der Waals surface area contributed by atoms with Gasteiger partial charge in [0.05, 0.1) is 0 Å². The van der Waals surface area contributed by atoms with Crippen LogP contribution in [0.15, 0.2) is 85.2 Å². The van der Waals surface area contributed by atoms with Crippen molar-refractivity contribution in [2.75, 3.05) is 0 Å². The zero-order chi connectivity index (χ0) is 21.8. The molecular weight excluding hydrogens is 423 g/mol. The highest BCUT2D eigenvalue weighted by molar-refractivity contribution is 6.22. The largest absolute Gasteiger partial charge is 0.448 e. The molecule has 0 aliphatic carbocycles. The van der Waals surface area contributed by atoms with Crippen molar-refractivity contribution >= 4 is 32.3 Å². The van der Waals surface area contributed by atoms with Crippen LogP contribution in [0.1, 0.15) is 0 Å². The molecule has 0 aromatic heterocycles. The molecule has 0 heterocycles. The van der Waals surface area contributed by atoms with Crippen LogP contribution < -0.4 is 0 Å². The highest BCUT2D eigenvalue weighted by Gasteiger charge is 2.38. The molecule has 0 unspecified atom stereocenters. The molecule has 0 bridgehead atoms. The van der Waals surface area contributed by atoms with Crippen molar-refractivity contribution in [3.05, 3.63) is 85.2 Å². The predicted octanol–water partition coefficient (Wildman–Crippen LogP) is 8.76. The Hall–Kier alpha value is -3.23. The summed E-state index contributed by atoms with van der Waals surface area (Å²) in [4.78, 5) is 0. The van der Waals surface area contributed by atoms with Crippen LogP contribution >= 0.6 is 0 Å². The van der Waals surface area contributed by atoms with Crippen LogP contribution in [0.2, 0.25) is 0 Å². The molecule has 0 atom stereocenters. The molecule has 4 rings (SSSR count). The number of hydrogen-bond acceptors (Lipinski definition) is 0. The van der Waals surface area contributed by atoms with E-state index in [0.717, 1.165) is 0 Å². The molecule has 0 spiro atoms. The number of benzene rings is 4. The summed E-state index contributed by atoms with van der Waals surface area (Å²) in [6, 6.07) is 21.9. The molecule has 30 heavy (non-hydrogen) atoms. The molecule has 0 aliphatic rings. The van der Waals surface area contributed by atoms with Gasteiger partial charge < -0.3 is 0 Å². The maximum Gasteiger partial charge on any atom is 0.448 e. The molecule has 4 aromatic rings. The molecule has 4 aromatic carbocycles. The van der Waals surface area contributed by atoms with E-state index in [0.29, 0.717) is 0 Å². The third kappa shape index (κ3) is 5.88. The van der Waals surface area contributed by atoms with E-state index in [1.807, 2.05) is 0 Å². The van der Waals surface area contributed by atoms with Gasteiger partial charge >= 0.3 is 12.3 Å². The van der Waals surface area contributed by atoms with E-state index in [1.165, 1.54) is 32.3 Å². The molecule has 0 fully saturated rings. The fourth-order valence-corrected chi connectivity index (χ4v) is 2.78. The lowest BCUT2D eigenvalue weighted by atomic mass is 9.95. The molecule has 9 heteroatoms. The van der Waals surface area contributed by atoms with E-state index in [1.54, 1.807) is 0 Å². The van der Waals surface area contributed by atoms with Gasteiger partial charge in [0.1, 0.15) is 0 Å². The molecular formula is C21H13F9. The van der Waals surface area contributed by atoms with E-state index in [4.69, 9.17) is 0 Å². The Balaban J connectivity index is 0.000000278. The lowest BCUT2D eigenvalue weighted by Crippen LogP contribution is -2.08. The normalized spacial score (nSPS) is 10.5. The SMILES string of the molecule is C=C(F)F.F.FC(F)=C(F)C(F)(F)F.c1cc2ccc3cccc4ccc(c1)c2c34. The van der Waals surface area contributed by atoms with Gasteiger partial charge in [-0.1, -0.05) is 60.7 Å². The maximum absolute atomic E-state index is 11.0. The van der Waals surface area contributed by atoms with Gasteiger partial charge in [-0.05, 0) is 38.9 Å². The van der Waals surface area contributed by atoms with E-state index < -0.39 is 24.2 Å². The van der Waals surface area contributed by atoms with Crippen molar-refractivity contribution in [3.63, 3.8) is 0 Å². The zero-order valence-electron chi connectivity index (χ0n) is 14.9. The van der Waals surface area contributed by atoms with Crippen LogP contribution in [0.3, 0.4) is 0 Å².